The van der Waals surface area contributed by atoms with E-state index in [4.69, 9.17) is 4.98 Å². The molecule has 1 aliphatic heterocycles. The van der Waals surface area contributed by atoms with Gasteiger partial charge in [0.15, 0.2) is 0 Å². The zero-order chi connectivity index (χ0) is 14.7. The molecule has 2 heterocycles. The minimum Gasteiger partial charge on any atom is -0.373 e. The summed E-state index contributed by atoms with van der Waals surface area (Å²) in [6.45, 7) is 6.56. The van der Waals surface area contributed by atoms with Crippen molar-refractivity contribution in [1.82, 2.24) is 14.9 Å². The lowest BCUT2D eigenvalue weighted by molar-refractivity contribution is 0.314. The second-order valence-corrected chi connectivity index (χ2v) is 7.03. The van der Waals surface area contributed by atoms with Crippen molar-refractivity contribution in [2.24, 2.45) is 0 Å². The smallest absolute Gasteiger partial charge is 0.136 e. The average Bonchev–Trinajstić information content (AvgIpc) is 3.35. The summed E-state index contributed by atoms with van der Waals surface area (Å²) >= 11 is 2.06. The van der Waals surface area contributed by atoms with Crippen LogP contribution in [0.25, 0.3) is 0 Å². The molecular formula is C15H25N5S. The molecule has 0 aromatic carbocycles. The Hall–Kier alpha value is -1.01. The van der Waals surface area contributed by atoms with E-state index in [1.807, 2.05) is 7.05 Å². The third kappa shape index (κ3) is 3.80. The van der Waals surface area contributed by atoms with Gasteiger partial charge in [0.25, 0.3) is 0 Å². The normalized spacial score (nSPS) is 19.5. The van der Waals surface area contributed by atoms with Crippen LogP contribution in [-0.4, -0.2) is 59.6 Å². The van der Waals surface area contributed by atoms with Crippen molar-refractivity contribution < 1.29 is 0 Å². The van der Waals surface area contributed by atoms with Crippen LogP contribution in [0.2, 0.25) is 0 Å². The van der Waals surface area contributed by atoms with E-state index in [0.29, 0.717) is 5.92 Å². The van der Waals surface area contributed by atoms with E-state index in [-0.39, 0.29) is 0 Å². The summed E-state index contributed by atoms with van der Waals surface area (Å²) in [4.78, 5) is 11.9. The molecule has 116 valence electrons. The summed E-state index contributed by atoms with van der Waals surface area (Å²) < 4.78 is 0. The van der Waals surface area contributed by atoms with Gasteiger partial charge in [0, 0.05) is 56.2 Å². The average molecular weight is 307 g/mol. The summed E-state index contributed by atoms with van der Waals surface area (Å²) in [6, 6.07) is 0. The van der Waals surface area contributed by atoms with Gasteiger partial charge in [-0.25, -0.2) is 9.97 Å². The third-order valence-corrected chi connectivity index (χ3v) is 5.11. The highest BCUT2D eigenvalue weighted by Gasteiger charge is 2.28. The van der Waals surface area contributed by atoms with E-state index in [1.165, 1.54) is 37.4 Å². The number of nitrogens with one attached hydrogen (secondary N) is 2. The van der Waals surface area contributed by atoms with Gasteiger partial charge in [-0.3, -0.25) is 4.90 Å². The van der Waals surface area contributed by atoms with Gasteiger partial charge < -0.3 is 10.6 Å². The van der Waals surface area contributed by atoms with E-state index in [0.717, 1.165) is 36.1 Å². The largest absolute Gasteiger partial charge is 0.373 e. The van der Waals surface area contributed by atoms with Crippen molar-refractivity contribution in [3.63, 3.8) is 0 Å². The molecule has 0 bridgehead atoms. The maximum Gasteiger partial charge on any atom is 0.136 e. The van der Waals surface area contributed by atoms with Crippen LogP contribution in [-0.2, 0) is 0 Å². The fraction of sp³-hybridized carbons (Fsp3) is 0.733. The molecule has 21 heavy (non-hydrogen) atoms. The lowest BCUT2D eigenvalue weighted by Crippen LogP contribution is -2.36. The lowest BCUT2D eigenvalue weighted by Gasteiger charge is -2.26. The van der Waals surface area contributed by atoms with Crippen molar-refractivity contribution in [2.75, 3.05) is 55.4 Å². The Morgan fingerprint density at radius 2 is 1.90 bits per heavy atom. The molecule has 0 spiro atoms. The first kappa shape index (κ1) is 14.9. The zero-order valence-electron chi connectivity index (χ0n) is 13.0. The number of nitrogens with zero attached hydrogens (tertiary/aromatic N) is 3. The van der Waals surface area contributed by atoms with Crippen LogP contribution in [0.5, 0.6) is 0 Å². The number of anilines is 2. The molecule has 0 unspecified atom stereocenters. The molecule has 0 atom stereocenters. The van der Waals surface area contributed by atoms with Crippen LogP contribution in [0.3, 0.4) is 0 Å². The molecule has 2 aliphatic rings. The van der Waals surface area contributed by atoms with Gasteiger partial charge in [-0.15, -0.1) is 0 Å². The molecule has 1 aromatic rings. The second kappa shape index (κ2) is 6.83. The van der Waals surface area contributed by atoms with Crippen LogP contribution in [0.1, 0.15) is 30.1 Å². The molecule has 1 saturated heterocycles. The lowest BCUT2D eigenvalue weighted by atomic mass is 10.2. The fourth-order valence-electron chi connectivity index (χ4n) is 2.63. The van der Waals surface area contributed by atoms with Crippen LogP contribution in [0, 0.1) is 6.92 Å². The van der Waals surface area contributed by atoms with Crippen molar-refractivity contribution in [3.8, 4) is 0 Å². The van der Waals surface area contributed by atoms with Crippen molar-refractivity contribution in [2.45, 2.75) is 25.7 Å². The molecule has 0 amide bonds. The third-order valence-electron chi connectivity index (χ3n) is 4.17. The Morgan fingerprint density at radius 3 is 2.57 bits per heavy atom. The Bertz CT molecular complexity index is 483. The van der Waals surface area contributed by atoms with E-state index in [2.05, 4.69) is 39.2 Å². The number of hydrogen-bond donors (Lipinski definition) is 2. The molecular weight excluding hydrogens is 282 g/mol. The topological polar surface area (TPSA) is 53.1 Å². The van der Waals surface area contributed by atoms with E-state index in [1.54, 1.807) is 0 Å². The monoisotopic (exact) mass is 307 g/mol. The van der Waals surface area contributed by atoms with E-state index in [9.17, 15) is 0 Å². The molecule has 2 N–H and O–H groups in total. The highest BCUT2D eigenvalue weighted by atomic mass is 32.2. The first-order chi connectivity index (χ1) is 10.3. The molecule has 1 saturated carbocycles. The van der Waals surface area contributed by atoms with Crippen molar-refractivity contribution in [3.05, 3.63) is 11.4 Å². The van der Waals surface area contributed by atoms with Gasteiger partial charge in [0.05, 0.1) is 0 Å². The maximum absolute atomic E-state index is 4.74. The van der Waals surface area contributed by atoms with Gasteiger partial charge in [-0.1, -0.05) is 0 Å². The first-order valence-electron chi connectivity index (χ1n) is 7.88. The van der Waals surface area contributed by atoms with Gasteiger partial charge >= 0.3 is 0 Å². The first-order valence-corrected chi connectivity index (χ1v) is 9.03. The minimum atomic E-state index is 0.581. The number of hydrogen-bond acceptors (Lipinski definition) is 6. The van der Waals surface area contributed by atoms with Gasteiger partial charge in [-0.05, 0) is 19.8 Å². The van der Waals surface area contributed by atoms with Gasteiger partial charge in [0.1, 0.15) is 17.5 Å². The zero-order valence-corrected chi connectivity index (χ0v) is 13.8. The Kier molecular flexibility index (Phi) is 4.85. The molecule has 2 fully saturated rings. The number of rotatable bonds is 6. The van der Waals surface area contributed by atoms with Crippen molar-refractivity contribution >= 4 is 23.4 Å². The number of aromatic nitrogens is 2. The van der Waals surface area contributed by atoms with E-state index < -0.39 is 0 Å². The summed E-state index contributed by atoms with van der Waals surface area (Å²) in [5, 5.41) is 6.71. The van der Waals surface area contributed by atoms with Gasteiger partial charge in [0.2, 0.25) is 0 Å². The predicted octanol–water partition coefficient (Wildman–Crippen LogP) is 2.16. The second-order valence-electron chi connectivity index (χ2n) is 5.81. The molecule has 6 heteroatoms. The van der Waals surface area contributed by atoms with Crippen LogP contribution in [0.15, 0.2) is 0 Å². The minimum absolute atomic E-state index is 0.581. The summed E-state index contributed by atoms with van der Waals surface area (Å²) in [5.74, 6) is 6.08. The van der Waals surface area contributed by atoms with Crippen LogP contribution < -0.4 is 10.6 Å². The van der Waals surface area contributed by atoms with Gasteiger partial charge in [-0.2, -0.15) is 11.8 Å². The summed E-state index contributed by atoms with van der Waals surface area (Å²) in [6.07, 6.45) is 2.47. The molecule has 0 radical (unpaired) electrons. The summed E-state index contributed by atoms with van der Waals surface area (Å²) in [5.41, 5.74) is 1.12. The Labute approximate surface area is 131 Å². The van der Waals surface area contributed by atoms with Crippen molar-refractivity contribution in [1.29, 1.82) is 0 Å². The number of thioether (sulfide) groups is 1. The molecule has 1 aliphatic carbocycles. The highest BCUT2D eigenvalue weighted by molar-refractivity contribution is 7.99. The summed E-state index contributed by atoms with van der Waals surface area (Å²) in [7, 11) is 1.93. The molecule has 5 nitrogen and oxygen atoms in total. The fourth-order valence-corrected chi connectivity index (χ4v) is 3.61. The van der Waals surface area contributed by atoms with Crippen LogP contribution >= 0.6 is 11.8 Å². The van der Waals surface area contributed by atoms with E-state index >= 15 is 0 Å². The Morgan fingerprint density at radius 1 is 1.19 bits per heavy atom. The molecule has 3 rings (SSSR count). The maximum atomic E-state index is 4.74. The highest BCUT2D eigenvalue weighted by Crippen LogP contribution is 2.39. The quantitative estimate of drug-likeness (QED) is 0.840. The Balaban J connectivity index is 1.61. The SMILES string of the molecule is CNc1nc(C2CC2)nc(NCCN2CCSCC2)c1C. The van der Waals surface area contributed by atoms with Crippen LogP contribution in [0.4, 0.5) is 11.6 Å². The molecule has 1 aromatic heterocycles. The predicted molar refractivity (Wildman–Crippen MR) is 90.5 cm³/mol. The standard InChI is InChI=1S/C15H25N5S/c1-11-13(16-2)18-15(12-3-4-12)19-14(11)17-5-6-20-7-9-21-10-8-20/h12H,3-10H2,1-2H3,(H2,16,17,18,19).